The molecular formula is C18H27Li. The van der Waals surface area contributed by atoms with E-state index in [1.54, 1.807) is 11.1 Å². The number of allylic oxidation sites excluding steroid dienone is 8. The maximum atomic E-state index is 3.36. The van der Waals surface area contributed by atoms with Gasteiger partial charge in [-0.15, -0.1) is 6.92 Å². The molecule has 0 N–H and O–H groups in total. The Hall–Kier alpha value is -0.443. The van der Waals surface area contributed by atoms with Gasteiger partial charge in [-0.2, -0.15) is 11.1 Å². The molecule has 0 saturated carbocycles. The number of hydrogen-bond acceptors (Lipinski definition) is 0. The average molecular weight is 250 g/mol. The van der Waals surface area contributed by atoms with Gasteiger partial charge in [0.05, 0.1) is 0 Å². The second-order valence-electron chi connectivity index (χ2n) is 5.79. The molecule has 0 saturated heterocycles. The van der Waals surface area contributed by atoms with Crippen molar-refractivity contribution in [2.75, 3.05) is 0 Å². The molecule has 0 aromatic rings. The summed E-state index contributed by atoms with van der Waals surface area (Å²) in [5.41, 5.74) is 10.4. The summed E-state index contributed by atoms with van der Waals surface area (Å²) in [6.45, 7) is 17.5. The maximum absolute atomic E-state index is 3.36. The normalized spacial score (nSPS) is 22.3. The van der Waals surface area contributed by atoms with E-state index < -0.39 is 0 Å². The monoisotopic (exact) mass is 250 g/mol. The van der Waals surface area contributed by atoms with Crippen LogP contribution in [0.2, 0.25) is 0 Å². The summed E-state index contributed by atoms with van der Waals surface area (Å²) in [7, 11) is 0. The SMILES string of the molecule is CC1=C(C)C(C)=C(C)C1.CC1=[C-]C(C)C(C)=C1C.[Li+]. The van der Waals surface area contributed by atoms with E-state index in [1.807, 2.05) is 0 Å². The van der Waals surface area contributed by atoms with Gasteiger partial charge < -0.3 is 0 Å². The van der Waals surface area contributed by atoms with E-state index in [-0.39, 0.29) is 18.9 Å². The molecule has 0 spiro atoms. The Labute approximate surface area is 131 Å². The second-order valence-corrected chi connectivity index (χ2v) is 5.79. The minimum Gasteiger partial charge on any atom is -0.266 e. The summed E-state index contributed by atoms with van der Waals surface area (Å²) in [6.07, 6.45) is 4.56. The molecule has 2 rings (SSSR count). The van der Waals surface area contributed by atoms with Gasteiger partial charge in [-0.3, -0.25) is 6.08 Å². The van der Waals surface area contributed by atoms with Crippen LogP contribution in [-0.2, 0) is 0 Å². The first kappa shape index (κ1) is 18.6. The third kappa shape index (κ3) is 4.27. The number of hydrogen-bond donors (Lipinski definition) is 0. The molecule has 0 amide bonds. The van der Waals surface area contributed by atoms with Crippen molar-refractivity contribution >= 4 is 0 Å². The minimum atomic E-state index is 0. The third-order valence-electron chi connectivity index (χ3n) is 4.61. The fourth-order valence-corrected chi connectivity index (χ4v) is 2.46. The summed E-state index contributed by atoms with van der Waals surface area (Å²) in [5.74, 6) is 0.560. The fourth-order valence-electron chi connectivity index (χ4n) is 2.46. The minimum absolute atomic E-state index is 0. The molecule has 0 nitrogen and oxygen atoms in total. The van der Waals surface area contributed by atoms with Gasteiger partial charge in [-0.1, -0.05) is 37.8 Å². The van der Waals surface area contributed by atoms with E-state index in [0.717, 1.165) is 0 Å². The van der Waals surface area contributed by atoms with Crippen molar-refractivity contribution in [3.05, 3.63) is 45.1 Å². The van der Waals surface area contributed by atoms with Crippen LogP contribution in [0.5, 0.6) is 0 Å². The van der Waals surface area contributed by atoms with Crippen molar-refractivity contribution in [2.24, 2.45) is 5.92 Å². The van der Waals surface area contributed by atoms with Crippen molar-refractivity contribution in [3.8, 4) is 0 Å². The summed E-state index contributed by atoms with van der Waals surface area (Å²) >= 11 is 0. The molecule has 1 heteroatoms. The van der Waals surface area contributed by atoms with E-state index in [0.29, 0.717) is 5.92 Å². The molecule has 0 radical (unpaired) electrons. The molecule has 2 aliphatic carbocycles. The predicted molar refractivity (Wildman–Crippen MR) is 81.3 cm³/mol. The Morgan fingerprint density at radius 1 is 0.789 bits per heavy atom. The van der Waals surface area contributed by atoms with E-state index in [4.69, 9.17) is 0 Å². The second kappa shape index (κ2) is 7.37. The molecule has 0 fully saturated rings. The molecule has 1 atom stereocenters. The van der Waals surface area contributed by atoms with Crippen LogP contribution in [0.15, 0.2) is 39.0 Å². The topological polar surface area (TPSA) is 0 Å². The van der Waals surface area contributed by atoms with Crippen LogP contribution in [0, 0.1) is 12.0 Å². The Balaban J connectivity index is 0.000000324. The Kier molecular flexibility index (Phi) is 7.20. The van der Waals surface area contributed by atoms with Gasteiger partial charge in [0.25, 0.3) is 0 Å². The van der Waals surface area contributed by atoms with Crippen molar-refractivity contribution < 1.29 is 18.9 Å². The molecular weight excluding hydrogens is 223 g/mol. The van der Waals surface area contributed by atoms with E-state index in [1.165, 1.54) is 34.3 Å². The van der Waals surface area contributed by atoms with Crippen LogP contribution in [0.3, 0.4) is 0 Å². The van der Waals surface area contributed by atoms with Crippen LogP contribution in [0.25, 0.3) is 0 Å². The molecule has 100 valence electrons. The smallest absolute Gasteiger partial charge is 0.266 e. The maximum Gasteiger partial charge on any atom is 1.00 e. The molecule has 1 unspecified atom stereocenters. The average Bonchev–Trinajstić information content (AvgIpc) is 2.66. The molecule has 0 aromatic heterocycles. The van der Waals surface area contributed by atoms with Crippen molar-refractivity contribution in [1.29, 1.82) is 0 Å². The summed E-state index contributed by atoms with van der Waals surface area (Å²) in [5, 5.41) is 0. The third-order valence-corrected chi connectivity index (χ3v) is 4.61. The molecule has 0 aromatic carbocycles. The van der Waals surface area contributed by atoms with E-state index >= 15 is 0 Å². The van der Waals surface area contributed by atoms with Gasteiger partial charge in [0.1, 0.15) is 0 Å². The van der Waals surface area contributed by atoms with Crippen LogP contribution >= 0.6 is 0 Å². The Morgan fingerprint density at radius 2 is 1.21 bits per heavy atom. The van der Waals surface area contributed by atoms with Gasteiger partial charge >= 0.3 is 18.9 Å². The van der Waals surface area contributed by atoms with Crippen LogP contribution in [-0.4, -0.2) is 0 Å². The molecule has 0 bridgehead atoms. The van der Waals surface area contributed by atoms with E-state index in [9.17, 15) is 0 Å². The van der Waals surface area contributed by atoms with Crippen LogP contribution in [0.1, 0.15) is 61.8 Å². The van der Waals surface area contributed by atoms with Gasteiger partial charge in [-0.05, 0) is 45.3 Å². The van der Waals surface area contributed by atoms with Crippen molar-refractivity contribution in [2.45, 2.75) is 61.8 Å². The van der Waals surface area contributed by atoms with Crippen LogP contribution < -0.4 is 18.9 Å². The number of rotatable bonds is 0. The zero-order chi connectivity index (χ0) is 14.0. The van der Waals surface area contributed by atoms with Crippen molar-refractivity contribution in [3.63, 3.8) is 0 Å². The fraction of sp³-hybridized carbons (Fsp3) is 0.556. The molecule has 0 heterocycles. The van der Waals surface area contributed by atoms with Gasteiger partial charge in [-0.25, -0.2) is 5.57 Å². The first-order chi connectivity index (χ1) is 8.25. The molecule has 0 aliphatic heterocycles. The summed E-state index contributed by atoms with van der Waals surface area (Å²) < 4.78 is 0. The first-order valence-corrected chi connectivity index (χ1v) is 6.86. The first-order valence-electron chi connectivity index (χ1n) is 6.86. The quantitative estimate of drug-likeness (QED) is 0.458. The van der Waals surface area contributed by atoms with Crippen molar-refractivity contribution in [1.82, 2.24) is 0 Å². The Bertz CT molecular complexity index is 448. The predicted octanol–water partition coefficient (Wildman–Crippen LogP) is 2.79. The Morgan fingerprint density at radius 3 is 1.32 bits per heavy atom. The zero-order valence-electron chi connectivity index (χ0n) is 14.3. The largest absolute Gasteiger partial charge is 1.00 e. The van der Waals surface area contributed by atoms with Gasteiger partial charge in [0, 0.05) is 0 Å². The molecule has 2 aliphatic rings. The zero-order valence-corrected chi connectivity index (χ0v) is 14.3. The van der Waals surface area contributed by atoms with Crippen LogP contribution in [0.4, 0.5) is 0 Å². The van der Waals surface area contributed by atoms with Gasteiger partial charge in [0.2, 0.25) is 0 Å². The standard InChI is InChI=1S/C9H14.C9H13.Li/c2*1-6-5-7(2)9(4)8(6)3;/h5H2,1-4H3;6H,1-4H3;/q;-1;+1. The molecule has 19 heavy (non-hydrogen) atoms. The summed E-state index contributed by atoms with van der Waals surface area (Å²) in [6, 6.07) is 0. The van der Waals surface area contributed by atoms with Gasteiger partial charge in [0.15, 0.2) is 0 Å². The summed E-state index contributed by atoms with van der Waals surface area (Å²) in [4.78, 5) is 0. The van der Waals surface area contributed by atoms with E-state index in [2.05, 4.69) is 61.5 Å².